The van der Waals surface area contributed by atoms with Crippen molar-refractivity contribution < 1.29 is 9.18 Å². The van der Waals surface area contributed by atoms with Crippen molar-refractivity contribution >= 4 is 28.5 Å². The third-order valence-electron chi connectivity index (χ3n) is 6.12. The summed E-state index contributed by atoms with van der Waals surface area (Å²) < 4.78 is 14.2. The van der Waals surface area contributed by atoms with Gasteiger partial charge in [-0.3, -0.25) is 4.79 Å². The van der Waals surface area contributed by atoms with Crippen molar-refractivity contribution in [3.63, 3.8) is 0 Å². The normalized spacial score (nSPS) is 18.4. The third kappa shape index (κ3) is 3.42. The van der Waals surface area contributed by atoms with Crippen LogP contribution in [0.4, 0.5) is 4.39 Å². The Morgan fingerprint density at radius 2 is 2.00 bits per heavy atom. The summed E-state index contributed by atoms with van der Waals surface area (Å²) in [5, 5.41) is 0.648. The number of aryl methyl sites for hydroxylation is 1. The highest BCUT2D eigenvalue weighted by Crippen LogP contribution is 2.39. The van der Waals surface area contributed by atoms with Gasteiger partial charge in [0.15, 0.2) is 5.82 Å². The summed E-state index contributed by atoms with van der Waals surface area (Å²) in [4.78, 5) is 32.1. The van der Waals surface area contributed by atoms with E-state index in [1.165, 1.54) is 12.1 Å². The first-order chi connectivity index (χ1) is 15.4. The molecule has 1 N–H and O–H groups in total. The molecule has 0 unspecified atom stereocenters. The predicted octanol–water partition coefficient (Wildman–Crippen LogP) is 5.34. The molecule has 6 nitrogen and oxygen atoms in total. The number of hydrogen-bond donors (Lipinski definition) is 1. The molecule has 8 heteroatoms. The first-order valence-electron chi connectivity index (χ1n) is 10.5. The second-order valence-electron chi connectivity index (χ2n) is 8.16. The molecule has 1 aliphatic heterocycles. The summed E-state index contributed by atoms with van der Waals surface area (Å²) in [7, 11) is 0. The van der Waals surface area contributed by atoms with Gasteiger partial charge in [-0.1, -0.05) is 18.5 Å². The number of fused-ring (bicyclic) bond motifs is 1. The van der Waals surface area contributed by atoms with Crippen LogP contribution in [-0.2, 0) is 0 Å². The zero-order valence-corrected chi connectivity index (χ0v) is 18.4. The molecule has 162 valence electrons. The van der Waals surface area contributed by atoms with Crippen LogP contribution in [0, 0.1) is 18.7 Å². The molecule has 3 heterocycles. The predicted molar refractivity (Wildman–Crippen MR) is 121 cm³/mol. The second-order valence-corrected chi connectivity index (χ2v) is 8.57. The fraction of sp³-hybridized carbons (Fsp3) is 0.250. The summed E-state index contributed by atoms with van der Waals surface area (Å²) in [6.07, 6.45) is 4.02. The minimum Gasteiger partial charge on any atom is -0.340 e. The number of imidazole rings is 1. The van der Waals surface area contributed by atoms with Gasteiger partial charge in [0.05, 0.1) is 22.6 Å². The average molecular weight is 450 g/mol. The molecule has 2 aromatic heterocycles. The number of amides is 1. The number of aromatic amines is 1. The molecule has 4 aromatic rings. The van der Waals surface area contributed by atoms with E-state index in [1.807, 2.05) is 19.1 Å². The van der Waals surface area contributed by atoms with Crippen LogP contribution in [0.2, 0.25) is 5.02 Å². The lowest BCUT2D eigenvalue weighted by Crippen LogP contribution is -2.33. The monoisotopic (exact) mass is 449 g/mol. The Kier molecular flexibility index (Phi) is 5.13. The van der Waals surface area contributed by atoms with Crippen molar-refractivity contribution in [3.8, 4) is 11.4 Å². The first kappa shape index (κ1) is 20.6. The lowest BCUT2D eigenvalue weighted by atomic mass is 10.0. The minimum atomic E-state index is -0.481. The van der Waals surface area contributed by atoms with Crippen LogP contribution < -0.4 is 0 Å². The summed E-state index contributed by atoms with van der Waals surface area (Å²) >= 11 is 6.27. The van der Waals surface area contributed by atoms with E-state index in [1.54, 1.807) is 29.4 Å². The number of hydrogen-bond acceptors (Lipinski definition) is 4. The van der Waals surface area contributed by atoms with E-state index < -0.39 is 5.82 Å². The molecule has 1 amide bonds. The number of H-pyrrole nitrogens is 1. The third-order valence-corrected chi connectivity index (χ3v) is 6.53. The van der Waals surface area contributed by atoms with Crippen LogP contribution in [-0.4, -0.2) is 37.3 Å². The van der Waals surface area contributed by atoms with Gasteiger partial charge in [-0.25, -0.2) is 19.3 Å². The minimum absolute atomic E-state index is 0.181. The van der Waals surface area contributed by atoms with Crippen LogP contribution >= 0.6 is 11.6 Å². The van der Waals surface area contributed by atoms with Crippen LogP contribution in [0.1, 0.15) is 41.1 Å². The number of carbonyl (C=O) groups is 1. The Morgan fingerprint density at radius 3 is 2.78 bits per heavy atom. The van der Waals surface area contributed by atoms with Gasteiger partial charge in [-0.2, -0.15) is 0 Å². The Bertz CT molecular complexity index is 1320. The van der Waals surface area contributed by atoms with Gasteiger partial charge >= 0.3 is 0 Å². The van der Waals surface area contributed by atoms with Crippen LogP contribution in [0.3, 0.4) is 0 Å². The highest BCUT2D eigenvalue weighted by atomic mass is 35.5. The quantitative estimate of drug-likeness (QED) is 0.458. The molecule has 0 bridgehead atoms. The summed E-state index contributed by atoms with van der Waals surface area (Å²) in [5.41, 5.74) is 3.30. The van der Waals surface area contributed by atoms with Gasteiger partial charge in [0.25, 0.3) is 5.91 Å². The van der Waals surface area contributed by atoms with Gasteiger partial charge in [0.2, 0.25) is 0 Å². The number of carbonyl (C=O) groups excluding carboxylic acids is 1. The number of nitrogens with one attached hydrogen (secondary N) is 1. The van der Waals surface area contributed by atoms with Crippen LogP contribution in [0.5, 0.6) is 0 Å². The molecule has 0 saturated carbocycles. The Labute approximate surface area is 189 Å². The topological polar surface area (TPSA) is 74.8 Å². The maximum atomic E-state index is 14.2. The highest BCUT2D eigenvalue weighted by molar-refractivity contribution is 6.32. The molecule has 2 aromatic carbocycles. The molecule has 0 aliphatic carbocycles. The molecule has 1 fully saturated rings. The lowest BCUT2D eigenvalue weighted by molar-refractivity contribution is 0.0714. The van der Waals surface area contributed by atoms with Crippen molar-refractivity contribution in [1.82, 2.24) is 24.8 Å². The number of rotatable bonds is 3. The number of halogens is 2. The zero-order valence-electron chi connectivity index (χ0n) is 17.6. The van der Waals surface area contributed by atoms with Crippen molar-refractivity contribution in [2.75, 3.05) is 6.54 Å². The molecule has 2 atom stereocenters. The van der Waals surface area contributed by atoms with E-state index in [2.05, 4.69) is 21.9 Å². The van der Waals surface area contributed by atoms with E-state index in [9.17, 15) is 9.18 Å². The van der Waals surface area contributed by atoms with Crippen LogP contribution in [0.25, 0.3) is 22.4 Å². The van der Waals surface area contributed by atoms with Gasteiger partial charge < -0.3 is 9.88 Å². The van der Waals surface area contributed by atoms with E-state index in [-0.39, 0.29) is 23.4 Å². The van der Waals surface area contributed by atoms with Crippen molar-refractivity contribution in [1.29, 1.82) is 0 Å². The van der Waals surface area contributed by atoms with E-state index in [4.69, 9.17) is 16.6 Å². The van der Waals surface area contributed by atoms with Crippen LogP contribution in [0.15, 0.2) is 48.8 Å². The SMILES string of the molecule is Cc1c(Cl)ccc2[nH]c([C@@H]3[C@@H](C)CCN3C(=O)c3cc(F)ccc3-c3ncccn3)nc12. The smallest absolute Gasteiger partial charge is 0.255 e. The Balaban J connectivity index is 1.57. The number of benzene rings is 2. The fourth-order valence-electron chi connectivity index (χ4n) is 4.42. The molecular formula is C24H21ClFN5O. The van der Waals surface area contributed by atoms with Crippen molar-refractivity contribution in [2.45, 2.75) is 26.3 Å². The summed E-state index contributed by atoms with van der Waals surface area (Å²) in [6, 6.07) is 9.29. The lowest BCUT2D eigenvalue weighted by Gasteiger charge is -2.26. The maximum absolute atomic E-state index is 14.2. The number of likely N-dealkylation sites (tertiary alicyclic amines) is 1. The Hall–Kier alpha value is -3.32. The van der Waals surface area contributed by atoms with E-state index >= 15 is 0 Å². The standard InChI is InChI=1S/C24H21ClFN5O/c1-13-8-11-31(21(13)23-29-19-7-6-18(25)14(2)20(19)30-23)24(32)17-12-15(26)4-5-16(17)22-27-9-3-10-28-22/h3-7,9-10,12-13,21H,8,11H2,1-2H3,(H,29,30)/t13-,21-/m0/s1. The zero-order chi connectivity index (χ0) is 22.4. The fourth-order valence-corrected chi connectivity index (χ4v) is 4.57. The second kappa shape index (κ2) is 7.98. The number of nitrogens with zero attached hydrogens (tertiary/aromatic N) is 4. The Morgan fingerprint density at radius 1 is 1.22 bits per heavy atom. The van der Waals surface area contributed by atoms with Gasteiger partial charge in [0, 0.05) is 29.5 Å². The highest BCUT2D eigenvalue weighted by Gasteiger charge is 2.39. The molecule has 1 saturated heterocycles. The average Bonchev–Trinajstić information content (AvgIpc) is 3.40. The van der Waals surface area contributed by atoms with Gasteiger partial charge in [0.1, 0.15) is 11.6 Å². The molecular weight excluding hydrogens is 429 g/mol. The summed E-state index contributed by atoms with van der Waals surface area (Å²) in [5.74, 6) is 0.522. The van der Waals surface area contributed by atoms with E-state index in [0.29, 0.717) is 28.8 Å². The molecule has 5 rings (SSSR count). The van der Waals surface area contributed by atoms with Crippen molar-refractivity contribution in [3.05, 3.63) is 76.6 Å². The first-order valence-corrected chi connectivity index (χ1v) is 10.8. The molecule has 0 radical (unpaired) electrons. The maximum Gasteiger partial charge on any atom is 0.255 e. The molecule has 1 aliphatic rings. The molecule has 32 heavy (non-hydrogen) atoms. The van der Waals surface area contributed by atoms with Crippen molar-refractivity contribution in [2.24, 2.45) is 5.92 Å². The summed E-state index contributed by atoms with van der Waals surface area (Å²) in [6.45, 7) is 4.57. The molecule has 0 spiro atoms. The largest absolute Gasteiger partial charge is 0.340 e. The van der Waals surface area contributed by atoms with E-state index in [0.717, 1.165) is 23.0 Å². The van der Waals surface area contributed by atoms with Gasteiger partial charge in [-0.05, 0) is 61.2 Å². The number of aromatic nitrogens is 4. The van der Waals surface area contributed by atoms with Gasteiger partial charge in [-0.15, -0.1) is 0 Å².